The monoisotopic (exact) mass is 198 g/mol. The average molecular weight is 198 g/mol. The molecule has 2 saturated heterocycles. The minimum Gasteiger partial charge on any atom is -0.338 e. The van der Waals surface area contributed by atoms with Gasteiger partial charge in [-0.05, 0) is 0 Å². The largest absolute Gasteiger partial charge is 0.338 e. The lowest BCUT2D eigenvalue weighted by Gasteiger charge is -2.36. The summed E-state index contributed by atoms with van der Waals surface area (Å²) in [6.07, 6.45) is 0. The Balaban J connectivity index is 1.99. The Kier molecular flexibility index (Phi) is 2.28. The Morgan fingerprint density at radius 1 is 1.57 bits per heavy atom. The zero-order valence-corrected chi connectivity index (χ0v) is 7.90. The van der Waals surface area contributed by atoms with Crippen LogP contribution in [0.25, 0.3) is 0 Å². The van der Waals surface area contributed by atoms with Gasteiger partial charge in [0.15, 0.2) is 0 Å². The van der Waals surface area contributed by atoms with Gasteiger partial charge in [-0.1, -0.05) is 0 Å². The van der Waals surface area contributed by atoms with E-state index >= 15 is 0 Å². The number of nitrogens with two attached hydrogens (primary N) is 1. The highest BCUT2D eigenvalue weighted by atomic mass is 16.2. The molecule has 6 nitrogen and oxygen atoms in total. The highest BCUT2D eigenvalue weighted by molar-refractivity contribution is 5.80. The molecule has 14 heavy (non-hydrogen) atoms. The second kappa shape index (κ2) is 3.45. The highest BCUT2D eigenvalue weighted by Gasteiger charge is 2.36. The standard InChI is InChI=1S/C8H14N4O2/c9-3-7(13)11-1-2-12-6(5-11)4-10-8(12)14/h6H,1-5,9H2,(H,10,14). The fourth-order valence-electron chi connectivity index (χ4n) is 1.96. The first-order valence-corrected chi connectivity index (χ1v) is 4.74. The van der Waals surface area contributed by atoms with Gasteiger partial charge in [-0.15, -0.1) is 0 Å². The van der Waals surface area contributed by atoms with Gasteiger partial charge < -0.3 is 20.9 Å². The second-order valence-electron chi connectivity index (χ2n) is 3.58. The van der Waals surface area contributed by atoms with Crippen LogP contribution >= 0.6 is 0 Å². The number of hydrogen-bond donors (Lipinski definition) is 2. The van der Waals surface area contributed by atoms with Gasteiger partial charge in [0.05, 0.1) is 12.6 Å². The summed E-state index contributed by atoms with van der Waals surface area (Å²) in [6, 6.07) is 0.113. The predicted octanol–water partition coefficient (Wildman–Crippen LogP) is -1.82. The molecule has 2 fully saturated rings. The third-order valence-electron chi connectivity index (χ3n) is 2.76. The van der Waals surface area contributed by atoms with Crippen molar-refractivity contribution in [3.63, 3.8) is 0 Å². The number of carbonyl (C=O) groups excluding carboxylic acids is 2. The molecule has 0 aromatic rings. The summed E-state index contributed by atoms with van der Waals surface area (Å²) < 4.78 is 0. The molecule has 0 saturated carbocycles. The number of fused-ring (bicyclic) bond motifs is 1. The highest BCUT2D eigenvalue weighted by Crippen LogP contribution is 2.13. The van der Waals surface area contributed by atoms with Crippen molar-refractivity contribution in [3.8, 4) is 0 Å². The van der Waals surface area contributed by atoms with E-state index in [9.17, 15) is 9.59 Å². The first-order chi connectivity index (χ1) is 6.72. The van der Waals surface area contributed by atoms with Gasteiger partial charge >= 0.3 is 6.03 Å². The van der Waals surface area contributed by atoms with Crippen molar-refractivity contribution in [1.82, 2.24) is 15.1 Å². The number of hydrogen-bond acceptors (Lipinski definition) is 3. The maximum atomic E-state index is 11.3. The lowest BCUT2D eigenvalue weighted by atomic mass is 10.2. The van der Waals surface area contributed by atoms with Crippen molar-refractivity contribution in [1.29, 1.82) is 0 Å². The molecule has 0 aromatic carbocycles. The van der Waals surface area contributed by atoms with E-state index in [1.165, 1.54) is 0 Å². The molecule has 0 bridgehead atoms. The number of carbonyl (C=O) groups is 2. The summed E-state index contributed by atoms with van der Waals surface area (Å²) in [5.74, 6) is -0.0380. The van der Waals surface area contributed by atoms with E-state index in [1.807, 2.05) is 0 Å². The summed E-state index contributed by atoms with van der Waals surface area (Å²) in [7, 11) is 0. The van der Waals surface area contributed by atoms with E-state index in [0.29, 0.717) is 26.2 Å². The van der Waals surface area contributed by atoms with E-state index in [4.69, 9.17) is 5.73 Å². The molecule has 0 spiro atoms. The van der Waals surface area contributed by atoms with E-state index in [2.05, 4.69) is 5.32 Å². The average Bonchev–Trinajstić information content (AvgIpc) is 2.59. The molecule has 1 unspecified atom stereocenters. The van der Waals surface area contributed by atoms with Crippen LogP contribution in [0.2, 0.25) is 0 Å². The van der Waals surface area contributed by atoms with Gasteiger partial charge in [0.25, 0.3) is 0 Å². The van der Waals surface area contributed by atoms with Crippen LogP contribution in [0.3, 0.4) is 0 Å². The van der Waals surface area contributed by atoms with Crippen molar-refractivity contribution in [2.45, 2.75) is 6.04 Å². The van der Waals surface area contributed by atoms with Gasteiger partial charge in [0, 0.05) is 26.2 Å². The Morgan fingerprint density at radius 3 is 3.07 bits per heavy atom. The van der Waals surface area contributed by atoms with E-state index in [1.54, 1.807) is 9.80 Å². The predicted molar refractivity (Wildman–Crippen MR) is 49.5 cm³/mol. The maximum Gasteiger partial charge on any atom is 0.317 e. The third-order valence-corrected chi connectivity index (χ3v) is 2.76. The van der Waals surface area contributed by atoms with Crippen LogP contribution in [0.1, 0.15) is 0 Å². The molecule has 1 atom stereocenters. The number of nitrogens with zero attached hydrogens (tertiary/aromatic N) is 2. The molecule has 6 heteroatoms. The molecular weight excluding hydrogens is 184 g/mol. The molecule has 0 aromatic heterocycles. The van der Waals surface area contributed by atoms with E-state index < -0.39 is 0 Å². The molecule has 0 radical (unpaired) electrons. The normalized spacial score (nSPS) is 26.1. The second-order valence-corrected chi connectivity index (χ2v) is 3.58. The Labute approximate surface area is 82.0 Å². The minimum atomic E-state index is -0.0380. The van der Waals surface area contributed by atoms with E-state index in [-0.39, 0.29) is 24.5 Å². The van der Waals surface area contributed by atoms with Gasteiger partial charge in [0.2, 0.25) is 5.91 Å². The molecule has 3 amide bonds. The lowest BCUT2D eigenvalue weighted by molar-refractivity contribution is -0.131. The number of piperazine rings is 1. The Bertz CT molecular complexity index is 268. The van der Waals surface area contributed by atoms with Crippen LogP contribution in [-0.4, -0.2) is 60.5 Å². The van der Waals surface area contributed by atoms with Crippen molar-refractivity contribution in [2.24, 2.45) is 5.73 Å². The summed E-state index contributed by atoms with van der Waals surface area (Å²) in [4.78, 5) is 26.1. The van der Waals surface area contributed by atoms with Crippen LogP contribution in [0.15, 0.2) is 0 Å². The molecular formula is C8H14N4O2. The van der Waals surface area contributed by atoms with Gasteiger partial charge in [-0.3, -0.25) is 4.79 Å². The Hall–Kier alpha value is -1.30. The van der Waals surface area contributed by atoms with Gasteiger partial charge in [-0.25, -0.2) is 4.79 Å². The van der Waals surface area contributed by atoms with E-state index in [0.717, 1.165) is 0 Å². The number of urea groups is 1. The maximum absolute atomic E-state index is 11.3. The smallest absolute Gasteiger partial charge is 0.317 e. The number of rotatable bonds is 1. The zero-order valence-electron chi connectivity index (χ0n) is 7.90. The first kappa shape index (κ1) is 9.26. The summed E-state index contributed by atoms with van der Waals surface area (Å²) in [5.41, 5.74) is 5.28. The van der Waals surface area contributed by atoms with Crippen LogP contribution in [0, 0.1) is 0 Å². The van der Waals surface area contributed by atoms with Crippen molar-refractivity contribution in [3.05, 3.63) is 0 Å². The number of nitrogens with one attached hydrogen (secondary N) is 1. The molecule has 2 heterocycles. The fourth-order valence-corrected chi connectivity index (χ4v) is 1.96. The minimum absolute atomic E-state index is 0.0187. The molecule has 3 N–H and O–H groups in total. The topological polar surface area (TPSA) is 78.7 Å². The summed E-state index contributed by atoms with van der Waals surface area (Å²) in [5, 5.41) is 2.76. The fraction of sp³-hybridized carbons (Fsp3) is 0.750. The van der Waals surface area contributed by atoms with Gasteiger partial charge in [-0.2, -0.15) is 0 Å². The quantitative estimate of drug-likeness (QED) is 0.521. The van der Waals surface area contributed by atoms with Crippen LogP contribution in [0.5, 0.6) is 0 Å². The van der Waals surface area contributed by atoms with Crippen molar-refractivity contribution < 1.29 is 9.59 Å². The summed E-state index contributed by atoms with van der Waals surface area (Å²) >= 11 is 0. The number of amides is 3. The van der Waals surface area contributed by atoms with Gasteiger partial charge in [0.1, 0.15) is 0 Å². The molecule has 0 aliphatic carbocycles. The van der Waals surface area contributed by atoms with Crippen molar-refractivity contribution >= 4 is 11.9 Å². The van der Waals surface area contributed by atoms with Crippen LogP contribution in [0.4, 0.5) is 4.79 Å². The lowest BCUT2D eigenvalue weighted by Crippen LogP contribution is -2.54. The molecule has 78 valence electrons. The van der Waals surface area contributed by atoms with Crippen molar-refractivity contribution in [2.75, 3.05) is 32.7 Å². The summed E-state index contributed by atoms with van der Waals surface area (Å²) in [6.45, 7) is 2.50. The molecule has 2 rings (SSSR count). The first-order valence-electron chi connectivity index (χ1n) is 4.74. The third kappa shape index (κ3) is 1.41. The SMILES string of the molecule is NCC(=O)N1CCN2C(=O)NCC2C1. The molecule has 2 aliphatic rings. The van der Waals surface area contributed by atoms with Crippen LogP contribution < -0.4 is 11.1 Å². The van der Waals surface area contributed by atoms with Crippen LogP contribution in [-0.2, 0) is 4.79 Å². The zero-order chi connectivity index (χ0) is 10.1. The molecule has 2 aliphatic heterocycles. The Morgan fingerprint density at radius 2 is 2.36 bits per heavy atom.